The second-order valence-electron chi connectivity index (χ2n) is 6.02. The summed E-state index contributed by atoms with van der Waals surface area (Å²) < 4.78 is 10.1. The van der Waals surface area contributed by atoms with Crippen molar-refractivity contribution in [2.45, 2.75) is 53.6 Å². The molecule has 0 heterocycles. The molecule has 25 heavy (non-hydrogen) atoms. The normalized spacial score (nSPS) is 11.6. The number of rotatable bonds is 8. The minimum atomic E-state index is -0.721. The van der Waals surface area contributed by atoms with E-state index >= 15 is 0 Å². The monoisotopic (exact) mass is 349 g/mol. The van der Waals surface area contributed by atoms with E-state index in [2.05, 4.69) is 6.92 Å². The van der Waals surface area contributed by atoms with Crippen molar-refractivity contribution in [3.05, 3.63) is 29.3 Å². The predicted molar refractivity (Wildman–Crippen MR) is 95.4 cm³/mol. The van der Waals surface area contributed by atoms with Gasteiger partial charge in [0.15, 0.2) is 6.10 Å². The van der Waals surface area contributed by atoms with Gasteiger partial charge >= 0.3 is 11.9 Å². The Morgan fingerprint density at radius 3 is 2.28 bits per heavy atom. The Kier molecular flexibility index (Phi) is 8.11. The molecular formula is C19H27NO5. The van der Waals surface area contributed by atoms with Gasteiger partial charge in [-0.15, -0.1) is 0 Å². The Hall–Kier alpha value is -2.37. The van der Waals surface area contributed by atoms with E-state index in [9.17, 15) is 14.4 Å². The molecule has 0 aliphatic heterocycles. The van der Waals surface area contributed by atoms with E-state index in [0.29, 0.717) is 0 Å². The standard InChI is InChI=1S/C19H27NO5/c1-6-7-17-8-9-18(10-13(17)2)20(14(3)21)11-19(25-16(5)23)12-24-15(4)22/h8-10,19H,6-7,11-12H2,1-5H3/t19-/m0/s1. The lowest BCUT2D eigenvalue weighted by Crippen LogP contribution is -2.40. The third kappa shape index (κ3) is 6.95. The van der Waals surface area contributed by atoms with E-state index in [1.54, 1.807) is 0 Å². The summed E-state index contributed by atoms with van der Waals surface area (Å²) in [5, 5.41) is 0. The number of aryl methyl sites for hydroxylation is 2. The van der Waals surface area contributed by atoms with Crippen LogP contribution in [0.3, 0.4) is 0 Å². The van der Waals surface area contributed by atoms with Gasteiger partial charge in [0, 0.05) is 26.5 Å². The number of hydrogen-bond acceptors (Lipinski definition) is 5. The van der Waals surface area contributed by atoms with Gasteiger partial charge in [0.25, 0.3) is 0 Å². The van der Waals surface area contributed by atoms with Gasteiger partial charge in [-0.3, -0.25) is 14.4 Å². The molecule has 1 aromatic carbocycles. The van der Waals surface area contributed by atoms with Gasteiger partial charge in [0.05, 0.1) is 6.54 Å². The molecule has 0 radical (unpaired) electrons. The van der Waals surface area contributed by atoms with Crippen LogP contribution in [0.2, 0.25) is 0 Å². The Labute approximate surface area is 149 Å². The van der Waals surface area contributed by atoms with Gasteiger partial charge in [0.1, 0.15) is 6.61 Å². The number of carbonyl (C=O) groups is 3. The first-order valence-electron chi connectivity index (χ1n) is 8.42. The van der Waals surface area contributed by atoms with Crippen molar-refractivity contribution >= 4 is 23.5 Å². The van der Waals surface area contributed by atoms with Gasteiger partial charge < -0.3 is 14.4 Å². The second kappa shape index (κ2) is 9.81. The number of benzene rings is 1. The molecule has 0 spiro atoms. The van der Waals surface area contributed by atoms with Gasteiger partial charge in [-0.2, -0.15) is 0 Å². The van der Waals surface area contributed by atoms with Crippen LogP contribution < -0.4 is 4.90 Å². The zero-order valence-corrected chi connectivity index (χ0v) is 15.6. The molecule has 0 fully saturated rings. The smallest absolute Gasteiger partial charge is 0.303 e. The minimum absolute atomic E-state index is 0.0917. The Morgan fingerprint density at radius 2 is 1.80 bits per heavy atom. The first-order chi connectivity index (χ1) is 11.7. The molecule has 1 rings (SSSR count). The van der Waals surface area contributed by atoms with Crippen LogP contribution in [0.1, 0.15) is 45.2 Å². The van der Waals surface area contributed by atoms with Crippen molar-refractivity contribution in [1.82, 2.24) is 0 Å². The fourth-order valence-corrected chi connectivity index (χ4v) is 2.59. The lowest BCUT2D eigenvalue weighted by molar-refractivity contribution is -0.155. The highest BCUT2D eigenvalue weighted by Crippen LogP contribution is 2.21. The van der Waals surface area contributed by atoms with Crippen molar-refractivity contribution in [2.75, 3.05) is 18.1 Å². The summed E-state index contributed by atoms with van der Waals surface area (Å²) in [4.78, 5) is 35.9. The molecule has 0 saturated carbocycles. The summed E-state index contributed by atoms with van der Waals surface area (Å²) in [5.74, 6) is -1.14. The number of carbonyl (C=O) groups excluding carboxylic acids is 3. The first kappa shape index (κ1) is 20.7. The molecule has 1 amide bonds. The van der Waals surface area contributed by atoms with Crippen molar-refractivity contribution in [3.8, 4) is 0 Å². The Balaban J connectivity index is 3.00. The second-order valence-corrected chi connectivity index (χ2v) is 6.02. The Morgan fingerprint density at radius 1 is 1.12 bits per heavy atom. The summed E-state index contributed by atoms with van der Waals surface area (Å²) in [6.45, 7) is 8.17. The highest BCUT2D eigenvalue weighted by molar-refractivity contribution is 5.91. The number of anilines is 1. The molecule has 6 heteroatoms. The fraction of sp³-hybridized carbons (Fsp3) is 0.526. The number of amides is 1. The summed E-state index contributed by atoms with van der Waals surface area (Å²) in [6, 6.07) is 5.84. The minimum Gasteiger partial charge on any atom is -0.462 e. The van der Waals surface area contributed by atoms with Crippen molar-refractivity contribution in [1.29, 1.82) is 0 Å². The summed E-state index contributed by atoms with van der Waals surface area (Å²) in [7, 11) is 0. The van der Waals surface area contributed by atoms with Crippen LogP contribution in [0, 0.1) is 6.92 Å². The van der Waals surface area contributed by atoms with Crippen LogP contribution in [-0.4, -0.2) is 37.1 Å². The summed E-state index contributed by atoms with van der Waals surface area (Å²) >= 11 is 0. The van der Waals surface area contributed by atoms with Crippen LogP contribution in [0.4, 0.5) is 5.69 Å². The molecule has 0 saturated heterocycles. The first-order valence-corrected chi connectivity index (χ1v) is 8.42. The predicted octanol–water partition coefficient (Wildman–Crippen LogP) is 2.80. The molecule has 1 aromatic rings. The topological polar surface area (TPSA) is 72.9 Å². The molecule has 0 bridgehead atoms. The van der Waals surface area contributed by atoms with Gasteiger partial charge in [-0.1, -0.05) is 19.4 Å². The Bertz CT molecular complexity index is 626. The zero-order chi connectivity index (χ0) is 19.0. The number of esters is 2. The number of ether oxygens (including phenoxy) is 2. The van der Waals surface area contributed by atoms with E-state index in [4.69, 9.17) is 9.47 Å². The third-order valence-corrected chi connectivity index (χ3v) is 3.73. The molecule has 0 aliphatic carbocycles. The van der Waals surface area contributed by atoms with Gasteiger partial charge in [0.2, 0.25) is 5.91 Å². The average molecular weight is 349 g/mol. The third-order valence-electron chi connectivity index (χ3n) is 3.73. The summed E-state index contributed by atoms with van der Waals surface area (Å²) in [6.07, 6.45) is 1.31. The van der Waals surface area contributed by atoms with Crippen LogP contribution in [0.25, 0.3) is 0 Å². The molecule has 1 atom stereocenters. The molecule has 0 unspecified atom stereocenters. The molecule has 0 aliphatic rings. The SMILES string of the molecule is CCCc1ccc(N(C[C@@H](COC(C)=O)OC(C)=O)C(C)=O)cc1C. The van der Waals surface area contributed by atoms with Crippen molar-refractivity contribution in [2.24, 2.45) is 0 Å². The lowest BCUT2D eigenvalue weighted by Gasteiger charge is -2.27. The van der Waals surface area contributed by atoms with E-state index < -0.39 is 18.0 Å². The maximum Gasteiger partial charge on any atom is 0.303 e. The van der Waals surface area contributed by atoms with E-state index in [1.807, 2.05) is 25.1 Å². The van der Waals surface area contributed by atoms with Crippen LogP contribution in [0.5, 0.6) is 0 Å². The lowest BCUT2D eigenvalue weighted by atomic mass is 10.0. The van der Waals surface area contributed by atoms with Gasteiger partial charge in [-0.05, 0) is 36.6 Å². The van der Waals surface area contributed by atoms with E-state index in [1.165, 1.54) is 31.2 Å². The van der Waals surface area contributed by atoms with Gasteiger partial charge in [-0.25, -0.2) is 0 Å². The van der Waals surface area contributed by atoms with E-state index in [0.717, 1.165) is 24.1 Å². The molecule has 6 nitrogen and oxygen atoms in total. The number of hydrogen-bond donors (Lipinski definition) is 0. The maximum atomic E-state index is 12.1. The molecular weight excluding hydrogens is 322 g/mol. The quantitative estimate of drug-likeness (QED) is 0.675. The van der Waals surface area contributed by atoms with Crippen LogP contribution in [0.15, 0.2) is 18.2 Å². The van der Waals surface area contributed by atoms with Crippen LogP contribution >= 0.6 is 0 Å². The number of nitrogens with zero attached hydrogens (tertiary/aromatic N) is 1. The molecule has 0 aromatic heterocycles. The summed E-state index contributed by atoms with van der Waals surface area (Å²) in [5.41, 5.74) is 3.07. The fourth-order valence-electron chi connectivity index (χ4n) is 2.59. The molecule has 0 N–H and O–H groups in total. The highest BCUT2D eigenvalue weighted by Gasteiger charge is 2.22. The maximum absolute atomic E-state index is 12.1. The largest absolute Gasteiger partial charge is 0.462 e. The van der Waals surface area contributed by atoms with Crippen molar-refractivity contribution < 1.29 is 23.9 Å². The average Bonchev–Trinajstić information content (AvgIpc) is 2.51. The molecule has 138 valence electrons. The van der Waals surface area contributed by atoms with Crippen molar-refractivity contribution in [3.63, 3.8) is 0 Å². The zero-order valence-electron chi connectivity index (χ0n) is 15.6. The van der Waals surface area contributed by atoms with Crippen LogP contribution in [-0.2, 0) is 30.3 Å². The van der Waals surface area contributed by atoms with E-state index in [-0.39, 0.29) is 19.1 Å². The highest BCUT2D eigenvalue weighted by atomic mass is 16.6.